The first-order valence-corrected chi connectivity index (χ1v) is 13.3. The van der Waals surface area contributed by atoms with Crippen molar-refractivity contribution in [2.24, 2.45) is 0 Å². The number of benzene rings is 3. The average Bonchev–Trinajstić information content (AvgIpc) is 2.90. The standard InChI is InChI=1S/C27H29NO7S/c1-18-12-14-21(15-13-18)36(30,31)28-23-24(29)25-22(17-33-26(35-25)20-10-6-3-7-11-20)34-27(23)32-16-19-8-4-2-5-9-19/h2-15,22-29H,16-17H2,1H3/t22-,23-,24-,25-,26?,27-/m1/s1. The maximum absolute atomic E-state index is 13.2. The fourth-order valence-corrected chi connectivity index (χ4v) is 5.60. The van der Waals surface area contributed by atoms with Crippen LogP contribution in [-0.4, -0.2) is 50.8 Å². The molecule has 2 aliphatic rings. The van der Waals surface area contributed by atoms with E-state index in [9.17, 15) is 13.5 Å². The first kappa shape index (κ1) is 25.0. The molecule has 2 fully saturated rings. The first-order valence-electron chi connectivity index (χ1n) is 11.8. The highest BCUT2D eigenvalue weighted by Gasteiger charge is 2.51. The molecule has 5 rings (SSSR count). The van der Waals surface area contributed by atoms with Gasteiger partial charge >= 0.3 is 0 Å². The number of aryl methyl sites for hydroxylation is 1. The molecule has 0 aromatic heterocycles. The van der Waals surface area contributed by atoms with Crippen LogP contribution in [0.1, 0.15) is 23.0 Å². The van der Waals surface area contributed by atoms with Gasteiger partial charge in [-0.2, -0.15) is 0 Å². The number of hydrogen-bond acceptors (Lipinski definition) is 7. The highest BCUT2D eigenvalue weighted by molar-refractivity contribution is 7.89. The zero-order valence-corrected chi connectivity index (χ0v) is 20.6. The van der Waals surface area contributed by atoms with Crippen molar-refractivity contribution in [3.05, 3.63) is 102 Å². The number of aliphatic hydroxyl groups excluding tert-OH is 1. The third-order valence-corrected chi connectivity index (χ3v) is 7.79. The molecule has 0 amide bonds. The Balaban J connectivity index is 1.39. The zero-order chi connectivity index (χ0) is 25.1. The van der Waals surface area contributed by atoms with Crippen molar-refractivity contribution in [1.82, 2.24) is 4.72 Å². The second kappa shape index (κ2) is 10.8. The average molecular weight is 512 g/mol. The van der Waals surface area contributed by atoms with Gasteiger partial charge in [-0.05, 0) is 24.6 Å². The number of fused-ring (bicyclic) bond motifs is 1. The van der Waals surface area contributed by atoms with Crippen LogP contribution < -0.4 is 4.72 Å². The Hall–Kier alpha value is -2.63. The number of aliphatic hydroxyl groups is 1. The van der Waals surface area contributed by atoms with Crippen LogP contribution in [0.5, 0.6) is 0 Å². The Morgan fingerprint density at radius 1 is 0.944 bits per heavy atom. The van der Waals surface area contributed by atoms with E-state index < -0.39 is 47.0 Å². The lowest BCUT2D eigenvalue weighted by Crippen LogP contribution is -2.66. The predicted molar refractivity (Wildman–Crippen MR) is 131 cm³/mol. The van der Waals surface area contributed by atoms with Crippen molar-refractivity contribution in [1.29, 1.82) is 0 Å². The second-order valence-corrected chi connectivity index (χ2v) is 10.7. The normalized spacial score (nSPS) is 28.4. The summed E-state index contributed by atoms with van der Waals surface area (Å²) >= 11 is 0. The Labute approximate surface area is 210 Å². The van der Waals surface area contributed by atoms with Crippen LogP contribution in [-0.2, 0) is 35.6 Å². The van der Waals surface area contributed by atoms with Gasteiger partial charge in [0.2, 0.25) is 10.0 Å². The smallest absolute Gasteiger partial charge is 0.241 e. The van der Waals surface area contributed by atoms with Gasteiger partial charge in [0.25, 0.3) is 0 Å². The van der Waals surface area contributed by atoms with E-state index in [-0.39, 0.29) is 18.1 Å². The summed E-state index contributed by atoms with van der Waals surface area (Å²) in [5.41, 5.74) is 2.62. The molecule has 9 heteroatoms. The Bertz CT molecular complexity index is 1240. The van der Waals surface area contributed by atoms with Gasteiger partial charge in [0, 0.05) is 5.56 Å². The monoisotopic (exact) mass is 511 g/mol. The maximum atomic E-state index is 13.2. The van der Waals surface area contributed by atoms with Gasteiger partial charge < -0.3 is 24.1 Å². The van der Waals surface area contributed by atoms with E-state index in [0.29, 0.717) is 0 Å². The second-order valence-electron chi connectivity index (χ2n) is 8.97. The lowest BCUT2D eigenvalue weighted by molar-refractivity contribution is -0.344. The topological polar surface area (TPSA) is 103 Å². The zero-order valence-electron chi connectivity index (χ0n) is 19.8. The van der Waals surface area contributed by atoms with Crippen LogP contribution in [0.2, 0.25) is 0 Å². The molecule has 2 aliphatic heterocycles. The molecule has 0 saturated carbocycles. The summed E-state index contributed by atoms with van der Waals surface area (Å²) in [5, 5.41) is 11.4. The van der Waals surface area contributed by atoms with Crippen LogP contribution in [0, 0.1) is 6.92 Å². The number of ether oxygens (including phenoxy) is 4. The molecule has 0 spiro atoms. The van der Waals surface area contributed by atoms with Crippen molar-refractivity contribution < 1.29 is 32.5 Å². The Morgan fingerprint density at radius 2 is 1.61 bits per heavy atom. The van der Waals surface area contributed by atoms with E-state index in [0.717, 1.165) is 16.7 Å². The summed E-state index contributed by atoms with van der Waals surface area (Å²) in [6.07, 6.45) is -4.49. The molecule has 2 N–H and O–H groups in total. The first-order chi connectivity index (χ1) is 17.4. The van der Waals surface area contributed by atoms with Crippen LogP contribution in [0.4, 0.5) is 0 Å². The molecule has 2 saturated heterocycles. The van der Waals surface area contributed by atoms with Crippen LogP contribution in [0.25, 0.3) is 0 Å². The van der Waals surface area contributed by atoms with Gasteiger partial charge in [-0.1, -0.05) is 78.4 Å². The SMILES string of the molecule is Cc1ccc(S(=O)(=O)N[C@H]2[C@H](OCc3ccccc3)O[C@@H]3COC(c4ccccc4)O[C@H]3[C@@H]2O)cc1. The molecule has 3 aromatic rings. The van der Waals surface area contributed by atoms with E-state index in [1.165, 1.54) is 12.1 Å². The lowest BCUT2D eigenvalue weighted by Gasteiger charge is -2.47. The number of hydrogen-bond donors (Lipinski definition) is 2. The third kappa shape index (κ3) is 5.52. The predicted octanol–water partition coefficient (Wildman–Crippen LogP) is 3.06. The summed E-state index contributed by atoms with van der Waals surface area (Å²) < 4.78 is 53.1. The molecule has 2 heterocycles. The minimum atomic E-state index is -3.99. The minimum absolute atomic E-state index is 0.0827. The molecule has 8 nitrogen and oxygen atoms in total. The van der Waals surface area contributed by atoms with Gasteiger partial charge in [0.15, 0.2) is 12.6 Å². The summed E-state index contributed by atoms with van der Waals surface area (Å²) in [6, 6.07) is 24.2. The number of sulfonamides is 1. The summed E-state index contributed by atoms with van der Waals surface area (Å²) in [4.78, 5) is 0.0827. The lowest BCUT2D eigenvalue weighted by atomic mass is 9.96. The summed E-state index contributed by atoms with van der Waals surface area (Å²) in [6.45, 7) is 2.21. The van der Waals surface area contributed by atoms with Crippen molar-refractivity contribution in [3.8, 4) is 0 Å². The molecule has 1 unspecified atom stereocenters. The van der Waals surface area contributed by atoms with Crippen molar-refractivity contribution in [3.63, 3.8) is 0 Å². The minimum Gasteiger partial charge on any atom is -0.388 e. The van der Waals surface area contributed by atoms with E-state index in [4.69, 9.17) is 18.9 Å². The van der Waals surface area contributed by atoms with Crippen molar-refractivity contribution in [2.75, 3.05) is 6.61 Å². The van der Waals surface area contributed by atoms with Gasteiger partial charge in [-0.15, -0.1) is 0 Å². The fourth-order valence-electron chi connectivity index (χ4n) is 4.36. The Kier molecular flexibility index (Phi) is 7.49. The molecule has 190 valence electrons. The molecular weight excluding hydrogens is 482 g/mol. The molecule has 6 atom stereocenters. The number of nitrogens with one attached hydrogen (secondary N) is 1. The van der Waals surface area contributed by atoms with Gasteiger partial charge in [-0.3, -0.25) is 0 Å². The number of rotatable bonds is 7. The van der Waals surface area contributed by atoms with Gasteiger partial charge in [-0.25, -0.2) is 13.1 Å². The van der Waals surface area contributed by atoms with E-state index >= 15 is 0 Å². The van der Waals surface area contributed by atoms with Crippen LogP contribution in [0.3, 0.4) is 0 Å². The quantitative estimate of drug-likeness (QED) is 0.503. The molecule has 0 aliphatic carbocycles. The van der Waals surface area contributed by atoms with Crippen LogP contribution in [0.15, 0.2) is 89.8 Å². The molecule has 0 radical (unpaired) electrons. The van der Waals surface area contributed by atoms with Gasteiger partial charge in [0.1, 0.15) is 24.4 Å². The van der Waals surface area contributed by atoms with Gasteiger partial charge in [0.05, 0.1) is 18.1 Å². The van der Waals surface area contributed by atoms with Crippen molar-refractivity contribution >= 4 is 10.0 Å². The molecule has 3 aromatic carbocycles. The van der Waals surface area contributed by atoms with Crippen LogP contribution >= 0.6 is 0 Å². The van der Waals surface area contributed by atoms with E-state index in [1.54, 1.807) is 12.1 Å². The maximum Gasteiger partial charge on any atom is 0.241 e. The molecule has 0 bridgehead atoms. The summed E-state index contributed by atoms with van der Waals surface area (Å²) in [7, 11) is -3.99. The molecular formula is C27H29NO7S. The fraction of sp³-hybridized carbons (Fsp3) is 0.333. The highest BCUT2D eigenvalue weighted by atomic mass is 32.2. The van der Waals surface area contributed by atoms with E-state index in [1.807, 2.05) is 67.6 Å². The van der Waals surface area contributed by atoms with E-state index in [2.05, 4.69) is 4.72 Å². The van der Waals surface area contributed by atoms with Crippen molar-refractivity contribution in [2.45, 2.75) is 55.4 Å². The Morgan fingerprint density at radius 3 is 2.31 bits per heavy atom. The molecule has 36 heavy (non-hydrogen) atoms. The largest absolute Gasteiger partial charge is 0.388 e. The highest BCUT2D eigenvalue weighted by Crippen LogP contribution is 2.35. The summed E-state index contributed by atoms with van der Waals surface area (Å²) in [5.74, 6) is 0. The third-order valence-electron chi connectivity index (χ3n) is 6.32.